The van der Waals surface area contributed by atoms with E-state index in [4.69, 9.17) is 0 Å². The Balaban J connectivity index is 1.96. The molecule has 1 amide bonds. The number of aliphatic carboxylic acids is 1. The average Bonchev–Trinajstić information content (AvgIpc) is 3.02. The third kappa shape index (κ3) is 3.03. The standard InChI is InChI=1S/C14H23NO3/c1-10-8-11(10)15-12(16)9-14(13(17)18)6-4-2-3-5-7-14/h10-11H,2-9H2,1H3,(H,15,16)(H,17,18). The molecule has 0 heterocycles. The predicted molar refractivity (Wildman–Crippen MR) is 68.1 cm³/mol. The number of carboxylic acid groups (broad SMARTS) is 1. The quantitative estimate of drug-likeness (QED) is 0.756. The smallest absolute Gasteiger partial charge is 0.310 e. The molecule has 0 aromatic heterocycles. The van der Waals surface area contributed by atoms with Crippen LogP contribution in [0, 0.1) is 11.3 Å². The molecule has 0 bridgehead atoms. The minimum Gasteiger partial charge on any atom is -0.481 e. The van der Waals surface area contributed by atoms with Gasteiger partial charge in [-0.05, 0) is 25.2 Å². The zero-order valence-electron chi connectivity index (χ0n) is 11.1. The summed E-state index contributed by atoms with van der Waals surface area (Å²) in [5.41, 5.74) is -0.807. The summed E-state index contributed by atoms with van der Waals surface area (Å²) in [4.78, 5) is 23.5. The second kappa shape index (κ2) is 5.29. The van der Waals surface area contributed by atoms with Crippen LogP contribution in [0.3, 0.4) is 0 Å². The lowest BCUT2D eigenvalue weighted by Gasteiger charge is -2.27. The second-order valence-electron chi connectivity index (χ2n) is 6.06. The molecule has 4 heteroatoms. The van der Waals surface area contributed by atoms with E-state index >= 15 is 0 Å². The maximum Gasteiger partial charge on any atom is 0.310 e. The van der Waals surface area contributed by atoms with Crippen molar-refractivity contribution in [3.05, 3.63) is 0 Å². The fourth-order valence-electron chi connectivity index (χ4n) is 2.96. The fourth-order valence-corrected chi connectivity index (χ4v) is 2.96. The maximum atomic E-state index is 12.0. The van der Waals surface area contributed by atoms with E-state index in [1.807, 2.05) is 0 Å². The number of rotatable bonds is 4. The summed E-state index contributed by atoms with van der Waals surface area (Å²) in [5, 5.41) is 12.4. The molecule has 2 aliphatic carbocycles. The van der Waals surface area contributed by atoms with E-state index < -0.39 is 11.4 Å². The minimum atomic E-state index is -0.807. The van der Waals surface area contributed by atoms with Gasteiger partial charge < -0.3 is 10.4 Å². The summed E-state index contributed by atoms with van der Waals surface area (Å²) in [7, 11) is 0. The average molecular weight is 253 g/mol. The minimum absolute atomic E-state index is 0.0753. The Bertz CT molecular complexity index is 332. The van der Waals surface area contributed by atoms with E-state index in [9.17, 15) is 14.7 Å². The summed E-state index contributed by atoms with van der Waals surface area (Å²) in [6.07, 6.45) is 6.54. The Morgan fingerprint density at radius 1 is 1.22 bits per heavy atom. The topological polar surface area (TPSA) is 66.4 Å². The molecule has 0 saturated heterocycles. The van der Waals surface area contributed by atoms with Crippen LogP contribution < -0.4 is 5.32 Å². The lowest BCUT2D eigenvalue weighted by Crippen LogP contribution is -2.38. The monoisotopic (exact) mass is 253 g/mol. The van der Waals surface area contributed by atoms with Crippen molar-refractivity contribution in [2.75, 3.05) is 0 Å². The van der Waals surface area contributed by atoms with Gasteiger partial charge in [0.15, 0.2) is 0 Å². The van der Waals surface area contributed by atoms with Gasteiger partial charge in [-0.1, -0.05) is 32.6 Å². The van der Waals surface area contributed by atoms with Crippen molar-refractivity contribution in [1.82, 2.24) is 5.32 Å². The maximum absolute atomic E-state index is 12.0. The van der Waals surface area contributed by atoms with Crippen LogP contribution in [0.5, 0.6) is 0 Å². The normalized spacial score (nSPS) is 30.3. The number of hydrogen-bond acceptors (Lipinski definition) is 2. The van der Waals surface area contributed by atoms with Gasteiger partial charge in [0.1, 0.15) is 0 Å². The molecule has 0 spiro atoms. The predicted octanol–water partition coefficient (Wildman–Crippen LogP) is 2.33. The Morgan fingerprint density at radius 2 is 1.78 bits per heavy atom. The first-order valence-electron chi connectivity index (χ1n) is 7.06. The Morgan fingerprint density at radius 3 is 2.22 bits per heavy atom. The van der Waals surface area contributed by atoms with Gasteiger partial charge in [-0.3, -0.25) is 9.59 Å². The van der Waals surface area contributed by atoms with Crippen LogP contribution >= 0.6 is 0 Å². The number of amides is 1. The van der Waals surface area contributed by atoms with Crippen LogP contribution in [-0.2, 0) is 9.59 Å². The fraction of sp³-hybridized carbons (Fsp3) is 0.857. The van der Waals surface area contributed by atoms with Crippen molar-refractivity contribution in [3.63, 3.8) is 0 Å². The molecular weight excluding hydrogens is 230 g/mol. The number of nitrogens with one attached hydrogen (secondary N) is 1. The molecule has 2 atom stereocenters. The molecule has 4 nitrogen and oxygen atoms in total. The van der Waals surface area contributed by atoms with Crippen molar-refractivity contribution >= 4 is 11.9 Å². The summed E-state index contributed by atoms with van der Waals surface area (Å²) in [6, 6.07) is 0.286. The third-order valence-corrected chi connectivity index (χ3v) is 4.47. The summed E-state index contributed by atoms with van der Waals surface area (Å²) in [6.45, 7) is 2.10. The van der Waals surface area contributed by atoms with Gasteiger partial charge >= 0.3 is 5.97 Å². The molecule has 0 aromatic carbocycles. The van der Waals surface area contributed by atoms with Crippen LogP contribution in [0.4, 0.5) is 0 Å². The lowest BCUT2D eigenvalue weighted by atomic mass is 9.77. The molecule has 2 rings (SSSR count). The van der Waals surface area contributed by atoms with E-state index in [2.05, 4.69) is 12.2 Å². The Labute approximate surface area is 108 Å². The van der Waals surface area contributed by atoms with Crippen LogP contribution in [0.2, 0.25) is 0 Å². The third-order valence-electron chi connectivity index (χ3n) is 4.47. The molecule has 18 heavy (non-hydrogen) atoms. The number of carbonyl (C=O) groups is 2. The van der Waals surface area contributed by atoms with Gasteiger partial charge in [0.2, 0.25) is 5.91 Å². The largest absolute Gasteiger partial charge is 0.481 e. The first-order valence-corrected chi connectivity index (χ1v) is 7.06. The Kier molecular flexibility index (Phi) is 3.93. The molecule has 2 saturated carbocycles. The van der Waals surface area contributed by atoms with Gasteiger partial charge in [-0.25, -0.2) is 0 Å². The number of carbonyl (C=O) groups excluding carboxylic acids is 1. The molecule has 2 N–H and O–H groups in total. The van der Waals surface area contributed by atoms with E-state index in [1.54, 1.807) is 0 Å². The highest BCUT2D eigenvalue weighted by molar-refractivity contribution is 5.85. The molecule has 102 valence electrons. The molecule has 0 aliphatic heterocycles. The van der Waals surface area contributed by atoms with Gasteiger partial charge in [0.25, 0.3) is 0 Å². The highest BCUT2D eigenvalue weighted by atomic mass is 16.4. The van der Waals surface area contributed by atoms with E-state index in [1.165, 1.54) is 0 Å². The molecule has 0 radical (unpaired) electrons. The van der Waals surface area contributed by atoms with Crippen LogP contribution in [-0.4, -0.2) is 23.0 Å². The molecule has 2 unspecified atom stereocenters. The van der Waals surface area contributed by atoms with Crippen LogP contribution in [0.1, 0.15) is 58.3 Å². The number of carboxylic acids is 1. The highest BCUT2D eigenvalue weighted by Gasteiger charge is 2.42. The molecule has 2 fully saturated rings. The van der Waals surface area contributed by atoms with Crippen molar-refractivity contribution in [1.29, 1.82) is 0 Å². The number of hydrogen-bond donors (Lipinski definition) is 2. The Hall–Kier alpha value is -1.06. The van der Waals surface area contributed by atoms with Crippen molar-refractivity contribution in [2.45, 2.75) is 64.3 Å². The first kappa shape index (κ1) is 13.4. The summed E-state index contributed by atoms with van der Waals surface area (Å²) < 4.78 is 0. The van der Waals surface area contributed by atoms with Gasteiger partial charge in [0, 0.05) is 12.5 Å². The SMILES string of the molecule is CC1CC1NC(=O)CC1(C(=O)O)CCCCCC1. The van der Waals surface area contributed by atoms with E-state index in [0.29, 0.717) is 18.8 Å². The van der Waals surface area contributed by atoms with Crippen LogP contribution in [0.15, 0.2) is 0 Å². The van der Waals surface area contributed by atoms with Crippen molar-refractivity contribution < 1.29 is 14.7 Å². The first-order chi connectivity index (χ1) is 8.53. The summed E-state index contributed by atoms with van der Waals surface area (Å²) in [5.74, 6) is -0.305. The lowest BCUT2D eigenvalue weighted by molar-refractivity contribution is -0.152. The molecular formula is C14H23NO3. The van der Waals surface area contributed by atoms with Crippen molar-refractivity contribution in [3.8, 4) is 0 Å². The van der Waals surface area contributed by atoms with Crippen molar-refractivity contribution in [2.24, 2.45) is 11.3 Å². The zero-order valence-corrected chi connectivity index (χ0v) is 11.1. The van der Waals surface area contributed by atoms with E-state index in [0.717, 1.165) is 32.1 Å². The van der Waals surface area contributed by atoms with Crippen LogP contribution in [0.25, 0.3) is 0 Å². The molecule has 2 aliphatic rings. The van der Waals surface area contributed by atoms with Gasteiger partial charge in [-0.15, -0.1) is 0 Å². The second-order valence-corrected chi connectivity index (χ2v) is 6.06. The van der Waals surface area contributed by atoms with Gasteiger partial charge in [-0.2, -0.15) is 0 Å². The summed E-state index contributed by atoms with van der Waals surface area (Å²) >= 11 is 0. The molecule has 0 aromatic rings. The highest BCUT2D eigenvalue weighted by Crippen LogP contribution is 2.39. The zero-order chi connectivity index (χ0) is 13.2. The van der Waals surface area contributed by atoms with Gasteiger partial charge in [0.05, 0.1) is 5.41 Å². The van der Waals surface area contributed by atoms with E-state index in [-0.39, 0.29) is 18.4 Å².